The predicted molar refractivity (Wildman–Crippen MR) is 362 cm³/mol. The second-order valence-electron chi connectivity index (χ2n) is 26.7. The molecule has 0 spiro atoms. The van der Waals surface area contributed by atoms with Gasteiger partial charge >= 0.3 is 36.0 Å². The molecule has 2 aliphatic heterocycles. The third-order valence-corrected chi connectivity index (χ3v) is 18.1. The number of hydrogen-bond donors (Lipinski definition) is 5. The normalized spacial score (nSPS) is 23.8. The van der Waals surface area contributed by atoms with Gasteiger partial charge in [-0.1, -0.05) is 53.4 Å². The number of aliphatic hydroxyl groups is 1. The average Bonchev–Trinajstić information content (AvgIpc) is 1.58. The quantitative estimate of drug-likeness (QED) is 0.0228. The average molecular weight is 1450 g/mol. The molecule has 0 radical (unpaired) electrons. The lowest BCUT2D eigenvalue weighted by molar-refractivity contribution is -0.271. The molecule has 3 fully saturated rings. The number of carbonyl (C=O) groups is 12. The Labute approximate surface area is 597 Å². The zero-order chi connectivity index (χ0) is 75.4. The lowest BCUT2D eigenvalue weighted by Crippen LogP contribution is -2.63. The number of carbonyl (C=O) groups excluding carboxylic acids is 11. The van der Waals surface area contributed by atoms with Gasteiger partial charge in [0.2, 0.25) is 17.7 Å². The zero-order valence-corrected chi connectivity index (χ0v) is 61.0. The number of benzene rings is 1. The molecule has 576 valence electrons. The molecule has 4 unspecified atom stereocenters. The summed E-state index contributed by atoms with van der Waals surface area (Å²) >= 11 is 0. The molecule has 1 saturated carbocycles. The summed E-state index contributed by atoms with van der Waals surface area (Å²) in [6.07, 6.45) is -0.0262. The highest BCUT2D eigenvalue weighted by Crippen LogP contribution is 2.46. The van der Waals surface area contributed by atoms with E-state index in [0.717, 1.165) is 25.7 Å². The number of nitrogens with one attached hydrogen (secondary N) is 3. The van der Waals surface area contributed by atoms with E-state index >= 15 is 0 Å². The molecule has 0 bridgehead atoms. The first kappa shape index (κ1) is 87.1. The van der Waals surface area contributed by atoms with Gasteiger partial charge < -0.3 is 97.4 Å². The van der Waals surface area contributed by atoms with Crippen LogP contribution in [0.3, 0.4) is 0 Å². The van der Waals surface area contributed by atoms with Gasteiger partial charge in [0, 0.05) is 126 Å². The third-order valence-electron chi connectivity index (χ3n) is 18.1. The van der Waals surface area contributed by atoms with E-state index in [1.807, 2.05) is 27.7 Å². The van der Waals surface area contributed by atoms with E-state index < -0.39 is 107 Å². The van der Waals surface area contributed by atoms with E-state index in [1.54, 1.807) is 4.90 Å². The minimum atomic E-state index is -1.17. The van der Waals surface area contributed by atoms with Gasteiger partial charge in [0.25, 0.3) is 5.91 Å². The molecule has 31 heteroatoms. The fourth-order valence-corrected chi connectivity index (χ4v) is 12.6. The number of ether oxygens (including phenoxy) is 13. The van der Waals surface area contributed by atoms with Crippen LogP contribution in [0.2, 0.25) is 0 Å². The van der Waals surface area contributed by atoms with Crippen molar-refractivity contribution in [2.24, 2.45) is 28.6 Å². The number of nitrogens with zero attached hydrogens (tertiary/aromatic N) is 1. The Hall–Kier alpha value is -7.26. The molecule has 1 aliphatic carbocycles. The molecule has 4 amide bonds. The maximum atomic E-state index is 13.8. The topological polar surface area (TPSA) is 405 Å². The number of aliphatic hydroxyl groups excluding tert-OH is 1. The van der Waals surface area contributed by atoms with Crippen molar-refractivity contribution in [2.45, 2.75) is 202 Å². The minimum absolute atomic E-state index is 0.0289. The molecule has 2 saturated heterocycles. The van der Waals surface area contributed by atoms with Crippen LogP contribution in [0.1, 0.15) is 180 Å². The fraction of sp³-hybridized carbons (Fsp3) is 0.746. The van der Waals surface area contributed by atoms with Gasteiger partial charge in [0.05, 0.1) is 103 Å². The van der Waals surface area contributed by atoms with Gasteiger partial charge in [0.15, 0.2) is 18.2 Å². The molecule has 5 N–H and O–H groups in total. The Kier molecular flexibility index (Phi) is 39.1. The molecule has 2 heterocycles. The summed E-state index contributed by atoms with van der Waals surface area (Å²) in [6.45, 7) is 16.3. The highest BCUT2D eigenvalue weighted by atomic mass is 16.7. The van der Waals surface area contributed by atoms with Crippen molar-refractivity contribution in [3.05, 3.63) is 29.3 Å². The van der Waals surface area contributed by atoms with Gasteiger partial charge in [-0.2, -0.15) is 0 Å². The first-order chi connectivity index (χ1) is 48.5. The summed E-state index contributed by atoms with van der Waals surface area (Å²) in [7, 11) is 0. The van der Waals surface area contributed by atoms with Crippen LogP contribution >= 0.6 is 0 Å². The van der Waals surface area contributed by atoms with Gasteiger partial charge in [0.1, 0.15) is 31.2 Å². The molecular weight excluding hydrogens is 1340 g/mol. The highest BCUT2D eigenvalue weighted by molar-refractivity contribution is 6.03. The summed E-state index contributed by atoms with van der Waals surface area (Å²) in [6, 6.07) is 3.53. The Balaban J connectivity index is 1.26. The number of likely N-dealkylation sites (tertiary alicyclic amines) is 1. The monoisotopic (exact) mass is 1450 g/mol. The maximum absolute atomic E-state index is 13.8. The van der Waals surface area contributed by atoms with Crippen molar-refractivity contribution in [2.75, 3.05) is 117 Å². The lowest BCUT2D eigenvalue weighted by atomic mass is 9.69. The molecule has 4 rings (SSSR count). The molecule has 1 aromatic carbocycles. The van der Waals surface area contributed by atoms with Gasteiger partial charge in [-0.25, -0.2) is 4.79 Å². The summed E-state index contributed by atoms with van der Waals surface area (Å²) in [5.74, 6) is -6.59. The number of carboxylic acids is 1. The van der Waals surface area contributed by atoms with Crippen molar-refractivity contribution < 1.29 is 129 Å². The van der Waals surface area contributed by atoms with E-state index in [1.165, 1.54) is 59.7 Å². The van der Waals surface area contributed by atoms with Crippen LogP contribution in [0.5, 0.6) is 0 Å². The maximum Gasteiger partial charge on any atom is 0.508 e. The molecular formula is C71H110N4O27. The Bertz CT molecular complexity index is 2900. The molecule has 31 nitrogen and oxygen atoms in total. The number of esters is 4. The van der Waals surface area contributed by atoms with Gasteiger partial charge in [-0.3, -0.25) is 47.9 Å². The number of anilines is 1. The molecule has 3 aliphatic rings. The van der Waals surface area contributed by atoms with Gasteiger partial charge in [-0.15, -0.1) is 0 Å². The van der Waals surface area contributed by atoms with Crippen molar-refractivity contribution in [1.29, 1.82) is 0 Å². The predicted octanol–water partition coefficient (Wildman–Crippen LogP) is 5.63. The number of hydrogen-bond acceptors (Lipinski definition) is 26. The van der Waals surface area contributed by atoms with E-state index in [0.29, 0.717) is 25.7 Å². The zero-order valence-electron chi connectivity index (χ0n) is 61.0. The van der Waals surface area contributed by atoms with E-state index in [9.17, 15) is 62.6 Å². The van der Waals surface area contributed by atoms with Crippen LogP contribution in [0.25, 0.3) is 0 Å². The smallest absolute Gasteiger partial charge is 0.481 e. The number of unbranched alkanes of at least 4 members (excludes halogenated alkanes) is 5. The second-order valence-corrected chi connectivity index (χ2v) is 26.7. The third kappa shape index (κ3) is 31.0. The van der Waals surface area contributed by atoms with Crippen molar-refractivity contribution >= 4 is 76.9 Å². The first-order valence-electron chi connectivity index (χ1n) is 35.3. The number of ketones is 2. The van der Waals surface area contributed by atoms with Crippen LogP contribution in [-0.4, -0.2) is 241 Å². The highest BCUT2D eigenvalue weighted by Gasteiger charge is 2.54. The summed E-state index contributed by atoms with van der Waals surface area (Å²) < 4.78 is 73.4. The van der Waals surface area contributed by atoms with Crippen LogP contribution < -0.4 is 16.0 Å². The van der Waals surface area contributed by atoms with Crippen molar-refractivity contribution in [3.63, 3.8) is 0 Å². The summed E-state index contributed by atoms with van der Waals surface area (Å²) in [5.41, 5.74) is -1.00. The number of Topliss-reactive ketones (excluding diaryl/α,β-unsaturated/α-hetero) is 2. The number of amides is 4. The summed E-state index contributed by atoms with van der Waals surface area (Å²) in [4.78, 5) is 151. The van der Waals surface area contributed by atoms with Crippen LogP contribution in [0.15, 0.2) is 18.2 Å². The molecule has 1 aromatic rings. The number of rotatable bonds is 48. The lowest BCUT2D eigenvalue weighted by Gasteiger charge is -2.45. The van der Waals surface area contributed by atoms with E-state index in [-0.39, 0.29) is 203 Å². The first-order valence-corrected chi connectivity index (χ1v) is 35.3. The Morgan fingerprint density at radius 1 is 0.608 bits per heavy atom. The minimum Gasteiger partial charge on any atom is -0.481 e. The number of carboxylic acid groups (broad SMARTS) is 1. The molecule has 0 aromatic heterocycles. The second kappa shape index (κ2) is 45.8. The summed E-state index contributed by atoms with van der Waals surface area (Å²) in [5, 5.41) is 27.5. The van der Waals surface area contributed by atoms with Crippen LogP contribution in [-0.2, 0) is 105 Å². The van der Waals surface area contributed by atoms with Crippen molar-refractivity contribution in [1.82, 2.24) is 15.5 Å². The molecule has 12 atom stereocenters. The standard InChI is InChI=1S/C71H110N4O27/c1-11-58-46(3)64(99-49(6)80)56(35-45(2)77)68(102-58)95-34-32-93-30-28-91-26-23-72-67(88)53-36-52(57(83)19-18-24-90-27-29-92-31-33-94-59-39-54(40-97-48(5)79)65(100-50(7)81)66(101-51(8)82)63(59)73-47(4)78)37-55(38-53)74-60(84)20-16-14-12-13-15-17-21-61(85)75-41-70(9,43-76)71(10,42-75)44-98-69(89)96-25-22-62(86)87/h36-38,46,54,56,58-59,63-66,68,76H,11-35,39-44H2,1-10H3,(H,72,88)(H,73,78)(H,74,84)(H,86,87)/t46-,54+,56+,58+,59?,63-,64-,65-,66+,68?,70?,71?/m0/s1. The van der Waals surface area contributed by atoms with Crippen LogP contribution in [0, 0.1) is 28.6 Å². The fourth-order valence-electron chi connectivity index (χ4n) is 12.6. The Morgan fingerprint density at radius 3 is 1.79 bits per heavy atom. The van der Waals surface area contributed by atoms with E-state index in [4.69, 9.17) is 66.7 Å². The largest absolute Gasteiger partial charge is 0.508 e. The number of aliphatic carboxylic acids is 1. The Morgan fingerprint density at radius 2 is 1.19 bits per heavy atom. The SMILES string of the molecule is CC[C@H]1OC(OCCOCCOCCNC(=O)c2cc(NC(=O)CCCCCCCCC(=O)N3CC(C)(CO)C(C)(COC(=O)OCCC(=O)O)C3)cc(C(=O)CCCOCCOCCOC3C[C@H](COC(C)=O)[C@H](OC(C)=O)[C@H](OC(C)=O)[C@H]3NC(C)=O)c2)[C@H](CC(C)=O)[C@@H](OC(C)=O)[C@H]1C. The van der Waals surface area contributed by atoms with Crippen molar-refractivity contribution in [3.8, 4) is 0 Å². The van der Waals surface area contributed by atoms with Crippen LogP contribution in [0.4, 0.5) is 10.5 Å². The van der Waals surface area contributed by atoms with E-state index in [2.05, 4.69) is 16.0 Å². The van der Waals surface area contributed by atoms with Gasteiger partial charge in [-0.05, 0) is 57.2 Å². The molecule has 102 heavy (non-hydrogen) atoms.